The summed E-state index contributed by atoms with van der Waals surface area (Å²) in [4.78, 5) is 0. The van der Waals surface area contributed by atoms with Crippen molar-refractivity contribution in [2.24, 2.45) is 11.8 Å². The zero-order valence-electron chi connectivity index (χ0n) is 12.1. The highest BCUT2D eigenvalue weighted by molar-refractivity contribution is 5.38. The summed E-state index contributed by atoms with van der Waals surface area (Å²) in [5.41, 5.74) is 4.36. The van der Waals surface area contributed by atoms with Gasteiger partial charge in [-0.1, -0.05) is 44.9 Å². The monoisotopic (exact) mass is 262 g/mol. The first-order chi connectivity index (χ1) is 9.30. The predicted molar refractivity (Wildman–Crippen MR) is 79.1 cm³/mol. The minimum absolute atomic E-state index is 0.343. The summed E-state index contributed by atoms with van der Waals surface area (Å²) >= 11 is 0. The van der Waals surface area contributed by atoms with Gasteiger partial charge >= 0.3 is 0 Å². The van der Waals surface area contributed by atoms with E-state index in [-0.39, 0.29) is 0 Å². The maximum absolute atomic E-state index is 5.83. The van der Waals surface area contributed by atoms with E-state index in [1.807, 2.05) is 6.07 Å². The number of hydrazine groups is 1. The summed E-state index contributed by atoms with van der Waals surface area (Å²) in [6, 6.07) is 8.70. The number of nitrogens with two attached hydrogens (primary N) is 1. The van der Waals surface area contributed by atoms with Crippen molar-refractivity contribution in [1.29, 1.82) is 0 Å². The fraction of sp³-hybridized carbons (Fsp3) is 0.625. The van der Waals surface area contributed by atoms with Crippen molar-refractivity contribution in [2.45, 2.75) is 51.5 Å². The summed E-state index contributed by atoms with van der Waals surface area (Å²) in [6.45, 7) is 5.32. The van der Waals surface area contributed by atoms with Gasteiger partial charge in [-0.2, -0.15) is 0 Å². The number of ether oxygens (including phenoxy) is 1. The molecule has 0 saturated heterocycles. The minimum atomic E-state index is 0.343. The molecule has 2 atom stereocenters. The first-order valence-electron chi connectivity index (χ1n) is 7.47. The Labute approximate surface area is 116 Å². The molecule has 1 aromatic carbocycles. The number of hydrogen-bond acceptors (Lipinski definition) is 3. The molecule has 106 valence electrons. The number of para-hydroxylation sites is 1. The van der Waals surface area contributed by atoms with Gasteiger partial charge in [0.2, 0.25) is 0 Å². The molecule has 0 aliphatic carbocycles. The summed E-state index contributed by atoms with van der Waals surface area (Å²) < 4.78 is 5.74. The fourth-order valence-electron chi connectivity index (χ4n) is 3.12. The van der Waals surface area contributed by atoms with Crippen molar-refractivity contribution in [3.63, 3.8) is 0 Å². The lowest BCUT2D eigenvalue weighted by Gasteiger charge is -2.33. The molecule has 0 saturated carbocycles. The molecule has 0 bridgehead atoms. The second-order valence-corrected chi connectivity index (χ2v) is 5.47. The maximum atomic E-state index is 5.83. The Morgan fingerprint density at radius 1 is 1.32 bits per heavy atom. The Kier molecular flexibility index (Phi) is 5.23. The van der Waals surface area contributed by atoms with Gasteiger partial charge < -0.3 is 4.74 Å². The Balaban J connectivity index is 2.15. The molecule has 3 heteroatoms. The topological polar surface area (TPSA) is 47.3 Å². The Morgan fingerprint density at radius 3 is 2.74 bits per heavy atom. The van der Waals surface area contributed by atoms with Crippen molar-refractivity contribution in [2.75, 3.05) is 6.61 Å². The first kappa shape index (κ1) is 14.4. The van der Waals surface area contributed by atoms with Crippen LogP contribution in [0.3, 0.4) is 0 Å². The summed E-state index contributed by atoms with van der Waals surface area (Å²) in [7, 11) is 0. The molecule has 3 N–H and O–H groups in total. The van der Waals surface area contributed by atoms with Gasteiger partial charge in [0.05, 0.1) is 6.61 Å². The Bertz CT molecular complexity index is 390. The zero-order chi connectivity index (χ0) is 13.7. The van der Waals surface area contributed by atoms with E-state index >= 15 is 0 Å². The van der Waals surface area contributed by atoms with Crippen molar-refractivity contribution in [1.82, 2.24) is 5.43 Å². The molecular weight excluding hydrogens is 236 g/mol. The van der Waals surface area contributed by atoms with Crippen LogP contribution in [0.15, 0.2) is 24.3 Å². The quantitative estimate of drug-likeness (QED) is 0.611. The van der Waals surface area contributed by atoms with Crippen LogP contribution < -0.4 is 16.0 Å². The van der Waals surface area contributed by atoms with E-state index < -0.39 is 0 Å². The van der Waals surface area contributed by atoms with E-state index in [2.05, 4.69) is 37.5 Å². The number of benzene rings is 1. The molecular formula is C16H26N2O. The van der Waals surface area contributed by atoms with E-state index in [1.54, 1.807) is 0 Å². The standard InChI is InChI=1S/C16H26N2O/c1-3-12(4-2)11-15(18-17)13-9-10-19-16-8-6-5-7-14(13)16/h5-8,12-13,15,18H,3-4,9-11,17H2,1-2H3. The molecule has 0 aromatic heterocycles. The first-order valence-corrected chi connectivity index (χ1v) is 7.47. The van der Waals surface area contributed by atoms with E-state index in [0.717, 1.165) is 31.1 Å². The third kappa shape index (κ3) is 3.28. The largest absolute Gasteiger partial charge is 0.493 e. The van der Waals surface area contributed by atoms with Gasteiger partial charge in [-0.3, -0.25) is 11.3 Å². The van der Waals surface area contributed by atoms with Crippen LogP contribution in [-0.4, -0.2) is 12.6 Å². The lowest BCUT2D eigenvalue weighted by atomic mass is 9.81. The normalized spacial score (nSPS) is 19.9. The molecule has 0 spiro atoms. The minimum Gasteiger partial charge on any atom is -0.493 e. The average molecular weight is 262 g/mol. The van der Waals surface area contributed by atoms with Crippen LogP contribution in [-0.2, 0) is 0 Å². The van der Waals surface area contributed by atoms with Crippen molar-refractivity contribution < 1.29 is 4.74 Å². The SMILES string of the molecule is CCC(CC)CC(NN)C1CCOc2ccccc21. The third-order valence-electron chi connectivity index (χ3n) is 4.45. The second-order valence-electron chi connectivity index (χ2n) is 5.47. The molecule has 0 fully saturated rings. The molecule has 1 heterocycles. The summed E-state index contributed by atoms with van der Waals surface area (Å²) in [5.74, 6) is 8.07. The van der Waals surface area contributed by atoms with Gasteiger partial charge in [-0.05, 0) is 30.4 Å². The second kappa shape index (κ2) is 6.92. The molecule has 0 amide bonds. The Morgan fingerprint density at radius 2 is 2.05 bits per heavy atom. The lowest BCUT2D eigenvalue weighted by molar-refractivity contribution is 0.230. The van der Waals surface area contributed by atoms with Crippen LogP contribution in [0.5, 0.6) is 5.75 Å². The van der Waals surface area contributed by atoms with Gasteiger partial charge in [0, 0.05) is 12.0 Å². The highest BCUT2D eigenvalue weighted by atomic mass is 16.5. The highest BCUT2D eigenvalue weighted by Crippen LogP contribution is 2.37. The van der Waals surface area contributed by atoms with Gasteiger partial charge in [-0.15, -0.1) is 0 Å². The smallest absolute Gasteiger partial charge is 0.122 e. The van der Waals surface area contributed by atoms with Gasteiger partial charge in [0.1, 0.15) is 5.75 Å². The van der Waals surface area contributed by atoms with Crippen molar-refractivity contribution >= 4 is 0 Å². The number of hydrogen-bond donors (Lipinski definition) is 2. The van der Waals surface area contributed by atoms with Crippen LogP contribution in [0.4, 0.5) is 0 Å². The maximum Gasteiger partial charge on any atom is 0.122 e. The van der Waals surface area contributed by atoms with Crippen LogP contribution in [0.1, 0.15) is 51.0 Å². The summed E-state index contributed by atoms with van der Waals surface area (Å²) in [6.07, 6.45) is 4.63. The van der Waals surface area contributed by atoms with E-state index in [4.69, 9.17) is 10.6 Å². The Hall–Kier alpha value is -1.06. The molecule has 0 radical (unpaired) electrons. The van der Waals surface area contributed by atoms with Gasteiger partial charge in [-0.25, -0.2) is 0 Å². The van der Waals surface area contributed by atoms with Crippen LogP contribution in [0.2, 0.25) is 0 Å². The fourth-order valence-corrected chi connectivity index (χ4v) is 3.12. The van der Waals surface area contributed by atoms with Gasteiger partial charge in [0.15, 0.2) is 0 Å². The molecule has 1 aliphatic heterocycles. The van der Waals surface area contributed by atoms with E-state index in [0.29, 0.717) is 12.0 Å². The number of rotatable bonds is 6. The molecule has 3 nitrogen and oxygen atoms in total. The van der Waals surface area contributed by atoms with Crippen LogP contribution in [0, 0.1) is 5.92 Å². The van der Waals surface area contributed by atoms with Crippen LogP contribution in [0.25, 0.3) is 0 Å². The van der Waals surface area contributed by atoms with Crippen molar-refractivity contribution in [3.8, 4) is 5.75 Å². The van der Waals surface area contributed by atoms with Crippen LogP contribution >= 0.6 is 0 Å². The highest BCUT2D eigenvalue weighted by Gasteiger charge is 2.29. The van der Waals surface area contributed by atoms with E-state index in [1.165, 1.54) is 18.4 Å². The van der Waals surface area contributed by atoms with Crippen molar-refractivity contribution in [3.05, 3.63) is 29.8 Å². The summed E-state index contributed by atoms with van der Waals surface area (Å²) in [5, 5.41) is 0. The molecule has 19 heavy (non-hydrogen) atoms. The lowest BCUT2D eigenvalue weighted by Crippen LogP contribution is -2.42. The molecule has 1 aliphatic rings. The van der Waals surface area contributed by atoms with E-state index in [9.17, 15) is 0 Å². The number of nitrogens with one attached hydrogen (secondary N) is 1. The zero-order valence-corrected chi connectivity index (χ0v) is 12.1. The molecule has 1 aromatic rings. The third-order valence-corrected chi connectivity index (χ3v) is 4.45. The number of fused-ring (bicyclic) bond motifs is 1. The van der Waals surface area contributed by atoms with Gasteiger partial charge in [0.25, 0.3) is 0 Å². The molecule has 2 rings (SSSR count). The predicted octanol–water partition coefficient (Wildman–Crippen LogP) is 3.21. The average Bonchev–Trinajstić information content (AvgIpc) is 2.48. The molecule has 2 unspecified atom stereocenters.